The van der Waals surface area contributed by atoms with Crippen molar-refractivity contribution in [1.82, 2.24) is 4.90 Å². The van der Waals surface area contributed by atoms with E-state index in [0.29, 0.717) is 15.7 Å². The van der Waals surface area contributed by atoms with E-state index in [2.05, 4.69) is 10.3 Å². The van der Waals surface area contributed by atoms with Gasteiger partial charge in [0.15, 0.2) is 5.17 Å². The van der Waals surface area contributed by atoms with Gasteiger partial charge in [-0.3, -0.25) is 19.5 Å². The van der Waals surface area contributed by atoms with Crippen LogP contribution in [0, 0.1) is 0 Å². The van der Waals surface area contributed by atoms with E-state index in [-0.39, 0.29) is 18.2 Å². The molecule has 0 aromatic carbocycles. The number of aryl methyl sites for hydroxylation is 1. The quantitative estimate of drug-likeness (QED) is 0.791. The number of amides is 2. The molecule has 140 valence electrons. The maximum atomic E-state index is 12.5. The fourth-order valence-corrected chi connectivity index (χ4v) is 5.61. The molecule has 1 aromatic heterocycles. The van der Waals surface area contributed by atoms with E-state index in [0.717, 1.165) is 36.1 Å². The number of amidine groups is 1. The van der Waals surface area contributed by atoms with E-state index in [1.807, 2.05) is 0 Å². The molecule has 0 unspecified atom stereocenters. The molecule has 7 nitrogen and oxygen atoms in total. The highest BCUT2D eigenvalue weighted by molar-refractivity contribution is 8.15. The van der Waals surface area contributed by atoms with Crippen molar-refractivity contribution in [3.8, 4) is 0 Å². The minimum atomic E-state index is -0.491. The predicted octanol–water partition coefficient (Wildman–Crippen LogP) is 2.30. The van der Waals surface area contributed by atoms with Crippen LogP contribution in [0.5, 0.6) is 0 Å². The van der Waals surface area contributed by atoms with Crippen LogP contribution in [0.2, 0.25) is 0 Å². The second-order valence-corrected chi connectivity index (χ2v) is 8.44. The molecule has 9 heteroatoms. The lowest BCUT2D eigenvalue weighted by molar-refractivity contribution is -0.127. The number of thioether (sulfide) groups is 1. The fraction of sp³-hybridized carbons (Fsp3) is 0.529. The Morgan fingerprint density at radius 2 is 2.08 bits per heavy atom. The van der Waals surface area contributed by atoms with Crippen LogP contribution < -0.4 is 5.32 Å². The lowest BCUT2D eigenvalue weighted by atomic mass is 9.95. The van der Waals surface area contributed by atoms with E-state index in [9.17, 15) is 14.4 Å². The Bertz CT molecular complexity index is 787. The minimum absolute atomic E-state index is 0.0377. The molecule has 2 aliphatic rings. The number of fused-ring (bicyclic) bond motifs is 1. The van der Waals surface area contributed by atoms with Crippen LogP contribution in [-0.2, 0) is 27.2 Å². The molecule has 1 N–H and O–H groups in total. The van der Waals surface area contributed by atoms with Crippen LogP contribution in [0.4, 0.5) is 5.00 Å². The van der Waals surface area contributed by atoms with Gasteiger partial charge in [0.2, 0.25) is 11.8 Å². The molecular weight excluding hydrogens is 374 g/mol. The van der Waals surface area contributed by atoms with E-state index in [4.69, 9.17) is 4.74 Å². The molecule has 3 rings (SSSR count). The Morgan fingerprint density at radius 1 is 1.35 bits per heavy atom. The third-order valence-electron chi connectivity index (χ3n) is 4.52. The standard InChI is InChI=1S/C17H21N3O4S2/c1-18-17-20(2)15(22)11(26-17)8-12(21)19-14-13(16(23)24-3)9-6-4-5-7-10(9)25-14/h11H,4-8H2,1-3H3,(H,19,21)/t11-/m1/s1. The largest absolute Gasteiger partial charge is 0.465 e. The summed E-state index contributed by atoms with van der Waals surface area (Å²) in [6.07, 6.45) is 3.89. The summed E-state index contributed by atoms with van der Waals surface area (Å²) in [5.41, 5.74) is 1.47. The number of hydrogen-bond donors (Lipinski definition) is 1. The molecule has 1 saturated heterocycles. The van der Waals surface area contributed by atoms with Gasteiger partial charge in [0.1, 0.15) is 10.3 Å². The number of esters is 1. The lowest BCUT2D eigenvalue weighted by Gasteiger charge is -2.12. The van der Waals surface area contributed by atoms with Crippen LogP contribution in [0.15, 0.2) is 4.99 Å². The second kappa shape index (κ2) is 7.79. The molecule has 1 aliphatic heterocycles. The Hall–Kier alpha value is -1.87. The van der Waals surface area contributed by atoms with Gasteiger partial charge in [-0.2, -0.15) is 0 Å². The maximum Gasteiger partial charge on any atom is 0.341 e. The highest BCUT2D eigenvalue weighted by Gasteiger charge is 2.37. The van der Waals surface area contributed by atoms with Crippen molar-refractivity contribution in [2.24, 2.45) is 4.99 Å². The first-order valence-electron chi connectivity index (χ1n) is 8.40. The minimum Gasteiger partial charge on any atom is -0.465 e. The second-order valence-electron chi connectivity index (χ2n) is 6.17. The molecular formula is C17H21N3O4S2. The molecule has 0 bridgehead atoms. The number of aliphatic imine (C=N–C) groups is 1. The van der Waals surface area contributed by atoms with Gasteiger partial charge in [-0.15, -0.1) is 11.3 Å². The number of nitrogens with one attached hydrogen (secondary N) is 1. The number of thiophene rings is 1. The predicted molar refractivity (Wildman–Crippen MR) is 103 cm³/mol. The maximum absolute atomic E-state index is 12.5. The van der Waals surface area contributed by atoms with Gasteiger partial charge in [0.05, 0.1) is 12.7 Å². The van der Waals surface area contributed by atoms with E-state index in [1.54, 1.807) is 14.1 Å². The van der Waals surface area contributed by atoms with Crippen LogP contribution in [-0.4, -0.2) is 54.3 Å². The summed E-state index contributed by atoms with van der Waals surface area (Å²) in [5, 5.41) is 3.48. The van der Waals surface area contributed by atoms with Crippen molar-refractivity contribution in [1.29, 1.82) is 0 Å². The number of hydrogen-bond acceptors (Lipinski definition) is 7. The lowest BCUT2D eigenvalue weighted by Crippen LogP contribution is -2.30. The average Bonchev–Trinajstić information content (AvgIpc) is 3.12. The highest BCUT2D eigenvalue weighted by atomic mass is 32.2. The number of carbonyl (C=O) groups is 3. The van der Waals surface area contributed by atoms with Crippen LogP contribution in [0.3, 0.4) is 0 Å². The molecule has 1 fully saturated rings. The summed E-state index contributed by atoms with van der Waals surface area (Å²) in [7, 11) is 4.61. The van der Waals surface area contributed by atoms with E-state index < -0.39 is 11.2 Å². The van der Waals surface area contributed by atoms with Crippen molar-refractivity contribution in [2.75, 3.05) is 26.5 Å². The van der Waals surface area contributed by atoms with Crippen LogP contribution in [0.1, 0.15) is 40.1 Å². The first-order valence-corrected chi connectivity index (χ1v) is 10.1. The number of carbonyl (C=O) groups excluding carboxylic acids is 3. The smallest absolute Gasteiger partial charge is 0.341 e. The monoisotopic (exact) mass is 395 g/mol. The molecule has 0 spiro atoms. The van der Waals surface area contributed by atoms with Gasteiger partial charge in [-0.05, 0) is 31.2 Å². The van der Waals surface area contributed by atoms with Gasteiger partial charge in [0.25, 0.3) is 0 Å². The summed E-state index contributed by atoms with van der Waals surface area (Å²) < 4.78 is 4.91. The van der Waals surface area contributed by atoms with Gasteiger partial charge >= 0.3 is 5.97 Å². The zero-order valence-electron chi connectivity index (χ0n) is 15.0. The Morgan fingerprint density at radius 3 is 2.73 bits per heavy atom. The molecule has 1 aliphatic carbocycles. The average molecular weight is 396 g/mol. The molecule has 2 amide bonds. The highest BCUT2D eigenvalue weighted by Crippen LogP contribution is 2.39. The SMILES string of the molecule is CN=C1S[C@H](CC(=O)Nc2sc3c(c2C(=O)OC)CCCC3)C(=O)N1C. The topological polar surface area (TPSA) is 88.1 Å². The number of nitrogens with zero attached hydrogens (tertiary/aromatic N) is 2. The Labute approximate surface area is 160 Å². The normalized spacial score (nSPS) is 21.0. The van der Waals surface area contributed by atoms with Crippen molar-refractivity contribution in [2.45, 2.75) is 37.4 Å². The van der Waals surface area contributed by atoms with Gasteiger partial charge in [0, 0.05) is 25.4 Å². The number of rotatable bonds is 4. The molecule has 0 saturated carbocycles. The van der Waals surface area contributed by atoms with Gasteiger partial charge in [-0.1, -0.05) is 11.8 Å². The molecule has 1 atom stereocenters. The molecule has 0 radical (unpaired) electrons. The Kier molecular flexibility index (Phi) is 5.67. The van der Waals surface area contributed by atoms with Gasteiger partial charge < -0.3 is 10.1 Å². The van der Waals surface area contributed by atoms with Crippen LogP contribution in [0.25, 0.3) is 0 Å². The fourth-order valence-electron chi connectivity index (χ4n) is 3.22. The third-order valence-corrected chi connectivity index (χ3v) is 7.04. The molecule has 1 aromatic rings. The van der Waals surface area contributed by atoms with Crippen molar-refractivity contribution < 1.29 is 19.1 Å². The van der Waals surface area contributed by atoms with Crippen molar-refractivity contribution >= 4 is 51.1 Å². The van der Waals surface area contributed by atoms with Crippen LogP contribution >= 0.6 is 23.1 Å². The molecule has 26 heavy (non-hydrogen) atoms. The summed E-state index contributed by atoms with van der Waals surface area (Å²) >= 11 is 2.73. The first-order chi connectivity index (χ1) is 12.5. The van der Waals surface area contributed by atoms with Crippen molar-refractivity contribution in [3.63, 3.8) is 0 Å². The van der Waals surface area contributed by atoms with E-state index >= 15 is 0 Å². The summed E-state index contributed by atoms with van der Waals surface area (Å²) in [6.45, 7) is 0. The summed E-state index contributed by atoms with van der Waals surface area (Å²) in [4.78, 5) is 43.6. The third kappa shape index (κ3) is 3.50. The number of methoxy groups -OCH3 is 1. The summed E-state index contributed by atoms with van der Waals surface area (Å²) in [5.74, 6) is -0.846. The van der Waals surface area contributed by atoms with Gasteiger partial charge in [-0.25, -0.2) is 4.79 Å². The number of anilines is 1. The molecule has 2 heterocycles. The van der Waals surface area contributed by atoms with E-state index in [1.165, 1.54) is 35.1 Å². The number of ether oxygens (including phenoxy) is 1. The first kappa shape index (κ1) is 18.9. The zero-order valence-corrected chi connectivity index (χ0v) is 16.6. The Balaban J connectivity index is 1.77. The summed E-state index contributed by atoms with van der Waals surface area (Å²) in [6, 6.07) is 0. The van der Waals surface area contributed by atoms with Crippen molar-refractivity contribution in [3.05, 3.63) is 16.0 Å². The zero-order chi connectivity index (χ0) is 18.8.